The molecule has 1 aromatic carbocycles. The zero-order valence-corrected chi connectivity index (χ0v) is 14.5. The van der Waals surface area contributed by atoms with Crippen molar-refractivity contribution in [2.75, 3.05) is 0 Å². The summed E-state index contributed by atoms with van der Waals surface area (Å²) in [6.07, 6.45) is 6.87. The van der Waals surface area contributed by atoms with Crippen LogP contribution in [0.5, 0.6) is 0 Å². The van der Waals surface area contributed by atoms with Crippen LogP contribution in [0.3, 0.4) is 0 Å². The van der Waals surface area contributed by atoms with Crippen molar-refractivity contribution in [2.24, 2.45) is 0 Å². The molecule has 1 N–H and O–H groups in total. The van der Waals surface area contributed by atoms with Crippen LogP contribution in [0.2, 0.25) is 0 Å². The topological polar surface area (TPSA) is 46.4 Å². The zero-order chi connectivity index (χ0) is 17.1. The summed E-state index contributed by atoms with van der Waals surface area (Å²) >= 11 is 3.45. The first kappa shape index (κ1) is 16.4. The highest BCUT2D eigenvalue weighted by molar-refractivity contribution is 9.10. The minimum absolute atomic E-state index is 0.228. The van der Waals surface area contributed by atoms with Crippen LogP contribution in [-0.4, -0.2) is 15.3 Å². The van der Waals surface area contributed by atoms with Crippen LogP contribution < -0.4 is 5.32 Å². The van der Waals surface area contributed by atoms with Crippen molar-refractivity contribution in [3.8, 4) is 0 Å². The summed E-state index contributed by atoms with van der Waals surface area (Å²) in [7, 11) is 0. The summed E-state index contributed by atoms with van der Waals surface area (Å²) in [6.45, 7) is 2.33. The maximum atomic E-state index is 12.8. The van der Waals surface area contributed by atoms with E-state index >= 15 is 0 Å². The molecule has 3 aromatic rings. The van der Waals surface area contributed by atoms with Gasteiger partial charge in [0.15, 0.2) is 0 Å². The van der Waals surface area contributed by atoms with Gasteiger partial charge in [0.25, 0.3) is 0 Å². The van der Waals surface area contributed by atoms with Crippen LogP contribution in [-0.2, 0) is 11.3 Å². The predicted octanol–water partition coefficient (Wildman–Crippen LogP) is 3.87. The number of carbonyl (C=O) groups excluding carboxylic acids is 1. The Morgan fingerprint density at radius 1 is 1.33 bits per heavy atom. The molecule has 0 saturated heterocycles. The second-order valence-corrected chi connectivity index (χ2v) is 6.32. The van der Waals surface area contributed by atoms with Crippen LogP contribution in [0.15, 0.2) is 53.3 Å². The number of nitrogens with one attached hydrogen (secondary N) is 1. The standard InChI is InChI=1S/C18H15BrFN3O/c1-12-8-14(19)10-23-11-16(22-18(12)23)9-21-17(24)7-4-13-2-5-15(20)6-3-13/h2-8,10-11H,9H2,1H3,(H,21,24)/b7-4+. The number of fused-ring (bicyclic) bond motifs is 1. The minimum atomic E-state index is -0.301. The Kier molecular flexibility index (Phi) is 4.76. The van der Waals surface area contributed by atoms with Crippen LogP contribution in [0.1, 0.15) is 16.8 Å². The van der Waals surface area contributed by atoms with Crippen LogP contribution in [0, 0.1) is 12.7 Å². The first-order valence-electron chi connectivity index (χ1n) is 7.36. The number of amides is 1. The Morgan fingerprint density at radius 2 is 2.08 bits per heavy atom. The largest absolute Gasteiger partial charge is 0.347 e. The van der Waals surface area contributed by atoms with Gasteiger partial charge >= 0.3 is 0 Å². The van der Waals surface area contributed by atoms with Crippen molar-refractivity contribution in [1.29, 1.82) is 0 Å². The highest BCUT2D eigenvalue weighted by Crippen LogP contribution is 2.17. The first-order chi connectivity index (χ1) is 11.5. The number of hydrogen-bond acceptors (Lipinski definition) is 2. The van der Waals surface area contributed by atoms with Gasteiger partial charge in [0.1, 0.15) is 11.5 Å². The Bertz CT molecular complexity index is 916. The molecule has 0 unspecified atom stereocenters. The lowest BCUT2D eigenvalue weighted by molar-refractivity contribution is -0.116. The normalized spacial score (nSPS) is 11.3. The number of halogens is 2. The van der Waals surface area contributed by atoms with Crippen LogP contribution >= 0.6 is 15.9 Å². The van der Waals surface area contributed by atoms with Gasteiger partial charge in [0.05, 0.1) is 12.2 Å². The second-order valence-electron chi connectivity index (χ2n) is 5.41. The Balaban J connectivity index is 1.64. The number of carbonyl (C=O) groups is 1. The molecule has 24 heavy (non-hydrogen) atoms. The monoisotopic (exact) mass is 387 g/mol. The van der Waals surface area contributed by atoms with E-state index < -0.39 is 0 Å². The molecule has 4 nitrogen and oxygen atoms in total. The summed E-state index contributed by atoms with van der Waals surface area (Å²) in [5, 5.41) is 2.79. The predicted molar refractivity (Wildman–Crippen MR) is 94.9 cm³/mol. The third-order valence-electron chi connectivity index (χ3n) is 3.49. The van der Waals surface area contributed by atoms with Gasteiger partial charge in [-0.3, -0.25) is 4.79 Å². The number of rotatable bonds is 4. The van der Waals surface area contributed by atoms with E-state index in [1.54, 1.807) is 18.2 Å². The molecule has 0 fully saturated rings. The van der Waals surface area contributed by atoms with Crippen molar-refractivity contribution >= 4 is 33.6 Å². The highest BCUT2D eigenvalue weighted by Gasteiger charge is 2.06. The molecule has 0 atom stereocenters. The lowest BCUT2D eigenvalue weighted by atomic mass is 10.2. The van der Waals surface area contributed by atoms with E-state index in [0.29, 0.717) is 6.54 Å². The molecule has 6 heteroatoms. The number of aryl methyl sites for hydroxylation is 1. The molecule has 0 aliphatic rings. The van der Waals surface area contributed by atoms with Gasteiger partial charge < -0.3 is 9.72 Å². The molecule has 0 spiro atoms. The zero-order valence-electron chi connectivity index (χ0n) is 13.0. The third-order valence-corrected chi connectivity index (χ3v) is 3.93. The van der Waals surface area contributed by atoms with Gasteiger partial charge in [-0.15, -0.1) is 0 Å². The molecule has 2 aromatic heterocycles. The lowest BCUT2D eigenvalue weighted by Crippen LogP contribution is -2.20. The summed E-state index contributed by atoms with van der Waals surface area (Å²) in [5.41, 5.74) is 3.46. The Morgan fingerprint density at radius 3 is 2.83 bits per heavy atom. The van der Waals surface area contributed by atoms with Gasteiger partial charge in [0.2, 0.25) is 5.91 Å². The van der Waals surface area contributed by atoms with E-state index in [1.807, 2.05) is 29.8 Å². The van der Waals surface area contributed by atoms with Gasteiger partial charge in [-0.2, -0.15) is 0 Å². The van der Waals surface area contributed by atoms with Crippen molar-refractivity contribution in [3.63, 3.8) is 0 Å². The average Bonchev–Trinajstić information content (AvgIpc) is 2.95. The molecule has 122 valence electrons. The molecule has 0 aliphatic carbocycles. The Hall–Kier alpha value is -2.47. The SMILES string of the molecule is Cc1cc(Br)cn2cc(CNC(=O)/C=C/c3ccc(F)cc3)nc12. The number of pyridine rings is 1. The number of aromatic nitrogens is 2. The third kappa shape index (κ3) is 3.89. The first-order valence-corrected chi connectivity index (χ1v) is 8.16. The van der Waals surface area contributed by atoms with Crippen LogP contribution in [0.25, 0.3) is 11.7 Å². The van der Waals surface area contributed by atoms with Crippen molar-refractivity contribution in [1.82, 2.24) is 14.7 Å². The quantitative estimate of drug-likeness (QED) is 0.690. The average molecular weight is 388 g/mol. The van der Waals surface area contributed by atoms with E-state index in [-0.39, 0.29) is 11.7 Å². The molecular weight excluding hydrogens is 373 g/mol. The molecule has 0 saturated carbocycles. The fourth-order valence-corrected chi connectivity index (χ4v) is 2.91. The number of hydrogen-bond donors (Lipinski definition) is 1. The van der Waals surface area contributed by atoms with E-state index in [2.05, 4.69) is 26.2 Å². The number of nitrogens with zero attached hydrogens (tertiary/aromatic N) is 2. The van der Waals surface area contributed by atoms with Gasteiger partial charge in [0, 0.05) is 22.9 Å². The molecule has 1 amide bonds. The second kappa shape index (κ2) is 6.97. The molecule has 0 aliphatic heterocycles. The number of imidazole rings is 1. The summed E-state index contributed by atoms with van der Waals surface area (Å²) in [5.74, 6) is -0.528. The molecule has 2 heterocycles. The highest BCUT2D eigenvalue weighted by atomic mass is 79.9. The number of benzene rings is 1. The van der Waals surface area contributed by atoms with Crippen molar-refractivity contribution in [2.45, 2.75) is 13.5 Å². The molecule has 3 rings (SSSR count). The summed E-state index contributed by atoms with van der Waals surface area (Å²) in [6, 6.07) is 7.93. The van der Waals surface area contributed by atoms with Crippen molar-refractivity contribution < 1.29 is 9.18 Å². The van der Waals surface area contributed by atoms with E-state index in [4.69, 9.17) is 0 Å². The summed E-state index contributed by atoms with van der Waals surface area (Å²) in [4.78, 5) is 16.4. The molecule has 0 radical (unpaired) electrons. The molecule has 0 bridgehead atoms. The van der Waals surface area contributed by atoms with Crippen LogP contribution in [0.4, 0.5) is 4.39 Å². The lowest BCUT2D eigenvalue weighted by Gasteiger charge is -1.98. The minimum Gasteiger partial charge on any atom is -0.347 e. The Labute approximate surface area is 147 Å². The maximum absolute atomic E-state index is 12.8. The van der Waals surface area contributed by atoms with Gasteiger partial charge in [-0.1, -0.05) is 12.1 Å². The van der Waals surface area contributed by atoms with E-state index in [9.17, 15) is 9.18 Å². The van der Waals surface area contributed by atoms with E-state index in [1.165, 1.54) is 18.2 Å². The van der Waals surface area contributed by atoms with Crippen molar-refractivity contribution in [3.05, 3.63) is 75.9 Å². The fraction of sp³-hybridized carbons (Fsp3) is 0.111. The van der Waals surface area contributed by atoms with Gasteiger partial charge in [-0.25, -0.2) is 9.37 Å². The molecular formula is C18H15BrFN3O. The smallest absolute Gasteiger partial charge is 0.244 e. The summed E-state index contributed by atoms with van der Waals surface area (Å²) < 4.78 is 15.7. The van der Waals surface area contributed by atoms with Gasteiger partial charge in [-0.05, 0) is 58.3 Å². The maximum Gasteiger partial charge on any atom is 0.244 e. The van der Waals surface area contributed by atoms with E-state index in [0.717, 1.165) is 26.9 Å². The fourth-order valence-electron chi connectivity index (χ4n) is 2.34.